The summed E-state index contributed by atoms with van der Waals surface area (Å²) >= 11 is 1.44. The van der Waals surface area contributed by atoms with Gasteiger partial charge in [0.1, 0.15) is 0 Å². The number of amides is 1. The molecule has 1 aliphatic rings. The number of hydrogen-bond acceptors (Lipinski definition) is 6. The van der Waals surface area contributed by atoms with E-state index in [9.17, 15) is 9.90 Å². The highest BCUT2D eigenvalue weighted by Gasteiger charge is 2.25. The summed E-state index contributed by atoms with van der Waals surface area (Å²) in [6.45, 7) is 6.32. The van der Waals surface area contributed by atoms with E-state index < -0.39 is 0 Å². The molecular formula is C13H21N3O3S. The topological polar surface area (TPSA) is 87.8 Å². The summed E-state index contributed by atoms with van der Waals surface area (Å²) in [7, 11) is 0. The van der Waals surface area contributed by atoms with Crippen LogP contribution in [0.5, 0.6) is 0 Å². The first kappa shape index (κ1) is 15.4. The van der Waals surface area contributed by atoms with E-state index in [0.29, 0.717) is 11.4 Å². The summed E-state index contributed by atoms with van der Waals surface area (Å²) in [5.41, 5.74) is 3.28. The lowest BCUT2D eigenvalue weighted by Crippen LogP contribution is -2.47. The first-order valence-corrected chi connectivity index (χ1v) is 7.44. The van der Waals surface area contributed by atoms with E-state index in [1.54, 1.807) is 0 Å². The summed E-state index contributed by atoms with van der Waals surface area (Å²) in [5.74, 6) is 4.90. The standard InChI is InChI=1S/C13H21N3O3S/c1-8-4-16(6-11(7-17)19-8)5-10-3-12(13(18)15-14)20-9(10)2/h3,8,11,17H,4-7,14H2,1-2H3,(H,15,18). The van der Waals surface area contributed by atoms with Gasteiger partial charge in [-0.3, -0.25) is 15.1 Å². The van der Waals surface area contributed by atoms with Crippen LogP contribution in [0.1, 0.15) is 27.0 Å². The van der Waals surface area contributed by atoms with Crippen molar-refractivity contribution in [3.05, 3.63) is 21.4 Å². The van der Waals surface area contributed by atoms with E-state index in [4.69, 9.17) is 10.6 Å². The molecule has 6 nitrogen and oxygen atoms in total. The van der Waals surface area contributed by atoms with E-state index in [-0.39, 0.29) is 24.7 Å². The molecule has 1 aliphatic heterocycles. The maximum atomic E-state index is 11.5. The number of aryl methyl sites for hydroxylation is 1. The lowest BCUT2D eigenvalue weighted by Gasteiger charge is -2.36. The Balaban J connectivity index is 2.05. The van der Waals surface area contributed by atoms with Crippen molar-refractivity contribution < 1.29 is 14.6 Å². The molecule has 4 N–H and O–H groups in total. The zero-order valence-corrected chi connectivity index (χ0v) is 12.6. The van der Waals surface area contributed by atoms with Crippen molar-refractivity contribution in [3.63, 3.8) is 0 Å². The fraction of sp³-hybridized carbons (Fsp3) is 0.615. The van der Waals surface area contributed by atoms with Gasteiger partial charge in [0.15, 0.2) is 0 Å². The largest absolute Gasteiger partial charge is 0.394 e. The molecule has 0 aromatic carbocycles. The van der Waals surface area contributed by atoms with Crippen LogP contribution >= 0.6 is 11.3 Å². The SMILES string of the molecule is Cc1sc(C(=O)NN)cc1CN1CC(C)OC(CO)C1. The van der Waals surface area contributed by atoms with Crippen LogP contribution in [-0.4, -0.2) is 47.8 Å². The van der Waals surface area contributed by atoms with E-state index in [1.807, 2.05) is 19.9 Å². The van der Waals surface area contributed by atoms with E-state index in [0.717, 1.165) is 23.5 Å². The Hall–Kier alpha value is -0.990. The number of carbonyl (C=O) groups is 1. The zero-order chi connectivity index (χ0) is 14.7. The average molecular weight is 299 g/mol. The Bertz CT molecular complexity index is 477. The monoisotopic (exact) mass is 299 g/mol. The summed E-state index contributed by atoms with van der Waals surface area (Å²) in [6, 6.07) is 1.89. The van der Waals surface area contributed by atoms with Crippen LogP contribution in [-0.2, 0) is 11.3 Å². The van der Waals surface area contributed by atoms with Crippen LogP contribution in [0.15, 0.2) is 6.07 Å². The molecule has 2 rings (SSSR count). The number of aliphatic hydroxyl groups excluding tert-OH is 1. The van der Waals surface area contributed by atoms with Crippen molar-refractivity contribution in [2.45, 2.75) is 32.6 Å². The van der Waals surface area contributed by atoms with Crippen LogP contribution in [0.4, 0.5) is 0 Å². The van der Waals surface area contributed by atoms with Crippen LogP contribution in [0.25, 0.3) is 0 Å². The van der Waals surface area contributed by atoms with Crippen LogP contribution in [0.3, 0.4) is 0 Å². The molecule has 7 heteroatoms. The molecule has 1 fully saturated rings. The van der Waals surface area contributed by atoms with Crippen molar-refractivity contribution in [2.75, 3.05) is 19.7 Å². The predicted molar refractivity (Wildman–Crippen MR) is 77.4 cm³/mol. The van der Waals surface area contributed by atoms with Crippen LogP contribution in [0.2, 0.25) is 0 Å². The van der Waals surface area contributed by atoms with Gasteiger partial charge in [-0.1, -0.05) is 0 Å². The van der Waals surface area contributed by atoms with Crippen LogP contribution in [0, 0.1) is 6.92 Å². The molecule has 1 aromatic heterocycles. The van der Waals surface area contributed by atoms with E-state index >= 15 is 0 Å². The summed E-state index contributed by atoms with van der Waals surface area (Å²) in [4.78, 5) is 15.5. The molecule has 0 radical (unpaired) electrons. The Morgan fingerprint density at radius 3 is 3.05 bits per heavy atom. The molecule has 2 atom stereocenters. The highest BCUT2D eigenvalue weighted by molar-refractivity contribution is 7.14. The summed E-state index contributed by atoms with van der Waals surface area (Å²) < 4.78 is 5.62. The predicted octanol–water partition coefficient (Wildman–Crippen LogP) is 0.242. The van der Waals surface area contributed by atoms with Gasteiger partial charge in [0.05, 0.1) is 23.7 Å². The second-order valence-electron chi connectivity index (χ2n) is 5.11. The molecule has 20 heavy (non-hydrogen) atoms. The number of carbonyl (C=O) groups excluding carboxylic acids is 1. The fourth-order valence-electron chi connectivity index (χ4n) is 2.47. The molecule has 0 spiro atoms. The van der Waals surface area contributed by atoms with Crippen molar-refractivity contribution >= 4 is 17.2 Å². The highest BCUT2D eigenvalue weighted by atomic mass is 32.1. The Labute approximate surface area is 122 Å². The van der Waals surface area contributed by atoms with Gasteiger partial charge >= 0.3 is 0 Å². The Morgan fingerprint density at radius 1 is 1.65 bits per heavy atom. The number of nitrogens with two attached hydrogens (primary N) is 1. The molecule has 2 unspecified atom stereocenters. The summed E-state index contributed by atoms with van der Waals surface area (Å²) in [6.07, 6.45) is -0.0313. The van der Waals surface area contributed by atoms with Gasteiger partial charge in [-0.05, 0) is 25.5 Å². The maximum Gasteiger partial charge on any atom is 0.275 e. The normalized spacial score (nSPS) is 23.8. The highest BCUT2D eigenvalue weighted by Crippen LogP contribution is 2.24. The number of ether oxygens (including phenoxy) is 1. The molecule has 0 saturated carbocycles. The molecule has 1 saturated heterocycles. The third kappa shape index (κ3) is 3.56. The number of hydrogen-bond donors (Lipinski definition) is 3. The quantitative estimate of drug-likeness (QED) is 0.421. The Morgan fingerprint density at radius 2 is 2.40 bits per heavy atom. The minimum atomic E-state index is -0.257. The smallest absolute Gasteiger partial charge is 0.275 e. The number of nitrogens with one attached hydrogen (secondary N) is 1. The molecule has 1 amide bonds. The molecule has 112 valence electrons. The van der Waals surface area contributed by atoms with Gasteiger partial charge in [-0.15, -0.1) is 11.3 Å². The number of aliphatic hydroxyl groups is 1. The van der Waals surface area contributed by atoms with Gasteiger partial charge in [0.2, 0.25) is 0 Å². The van der Waals surface area contributed by atoms with Crippen molar-refractivity contribution in [1.82, 2.24) is 10.3 Å². The number of hydrazine groups is 1. The second-order valence-corrected chi connectivity index (χ2v) is 6.37. The van der Waals surface area contributed by atoms with Gasteiger partial charge in [-0.25, -0.2) is 5.84 Å². The minimum absolute atomic E-state index is 0.0320. The molecule has 2 heterocycles. The van der Waals surface area contributed by atoms with E-state index in [2.05, 4.69) is 10.3 Å². The molecule has 0 bridgehead atoms. The number of nitrogens with zero attached hydrogens (tertiary/aromatic N) is 1. The minimum Gasteiger partial charge on any atom is -0.394 e. The molecule has 0 aliphatic carbocycles. The maximum absolute atomic E-state index is 11.5. The van der Waals surface area contributed by atoms with E-state index in [1.165, 1.54) is 11.3 Å². The second kappa shape index (κ2) is 6.64. The van der Waals surface area contributed by atoms with Crippen LogP contribution < -0.4 is 11.3 Å². The van der Waals surface area contributed by atoms with Gasteiger partial charge in [0, 0.05) is 24.5 Å². The number of rotatable bonds is 4. The third-order valence-corrected chi connectivity index (χ3v) is 4.47. The molecule has 1 aromatic rings. The van der Waals surface area contributed by atoms with Gasteiger partial charge in [-0.2, -0.15) is 0 Å². The van der Waals surface area contributed by atoms with Crippen molar-refractivity contribution in [1.29, 1.82) is 0 Å². The first-order chi connectivity index (χ1) is 9.53. The Kier molecular flexibility index (Phi) is 5.11. The number of thiophene rings is 1. The fourth-order valence-corrected chi connectivity index (χ4v) is 3.41. The number of morpholine rings is 1. The summed E-state index contributed by atoms with van der Waals surface area (Å²) in [5, 5.41) is 9.24. The number of nitrogen functional groups attached to an aromatic ring is 1. The van der Waals surface area contributed by atoms with Crippen molar-refractivity contribution in [3.8, 4) is 0 Å². The zero-order valence-electron chi connectivity index (χ0n) is 11.8. The van der Waals surface area contributed by atoms with Gasteiger partial charge in [0.25, 0.3) is 5.91 Å². The molecular weight excluding hydrogens is 278 g/mol. The lowest BCUT2D eigenvalue weighted by molar-refractivity contribution is -0.0972. The lowest BCUT2D eigenvalue weighted by atomic mass is 10.1. The van der Waals surface area contributed by atoms with Gasteiger partial charge < -0.3 is 9.84 Å². The average Bonchev–Trinajstić information content (AvgIpc) is 2.78. The first-order valence-electron chi connectivity index (χ1n) is 6.62. The third-order valence-electron chi connectivity index (χ3n) is 3.37. The van der Waals surface area contributed by atoms with Crippen molar-refractivity contribution in [2.24, 2.45) is 5.84 Å².